The van der Waals surface area contributed by atoms with E-state index in [1.54, 1.807) is 13.2 Å². The highest BCUT2D eigenvalue weighted by Gasteiger charge is 2.36. The summed E-state index contributed by atoms with van der Waals surface area (Å²) in [7, 11) is 1.63. The molecule has 1 heterocycles. The highest BCUT2D eigenvalue weighted by molar-refractivity contribution is 5.98. The maximum absolute atomic E-state index is 13.6. The van der Waals surface area contributed by atoms with Gasteiger partial charge in [0.1, 0.15) is 6.10 Å². The zero-order valence-corrected chi connectivity index (χ0v) is 20.1. The molecular weight excluding hydrogens is 426 g/mol. The zero-order valence-electron chi connectivity index (χ0n) is 20.1. The lowest BCUT2D eigenvalue weighted by molar-refractivity contribution is -0.0602. The fourth-order valence-corrected chi connectivity index (χ4v) is 4.72. The molecule has 2 aliphatic carbocycles. The third-order valence-electron chi connectivity index (χ3n) is 6.76. The first kappa shape index (κ1) is 25.5. The first-order valence-corrected chi connectivity index (χ1v) is 12.2. The number of hydrogen-bond acceptors (Lipinski definition) is 6. The molecule has 0 saturated heterocycles. The summed E-state index contributed by atoms with van der Waals surface area (Å²) in [6.07, 6.45) is 6.58. The van der Waals surface area contributed by atoms with Crippen LogP contribution >= 0.6 is 0 Å². The Labute approximate surface area is 196 Å². The number of halogens is 2. The Morgan fingerprint density at radius 1 is 1.27 bits per heavy atom. The summed E-state index contributed by atoms with van der Waals surface area (Å²) in [5.74, 6) is -1.51. The second-order valence-electron chi connectivity index (χ2n) is 9.52. The second-order valence-corrected chi connectivity index (χ2v) is 9.52. The van der Waals surface area contributed by atoms with Crippen LogP contribution in [0, 0.1) is 5.92 Å². The van der Waals surface area contributed by atoms with E-state index in [0.717, 1.165) is 44.1 Å². The van der Waals surface area contributed by atoms with Crippen LogP contribution in [-0.2, 0) is 4.74 Å². The van der Waals surface area contributed by atoms with Crippen LogP contribution in [0.25, 0.3) is 5.57 Å². The van der Waals surface area contributed by atoms with Gasteiger partial charge in [-0.3, -0.25) is 4.99 Å². The van der Waals surface area contributed by atoms with Gasteiger partial charge in [-0.15, -0.1) is 0 Å². The smallest absolute Gasteiger partial charge is 0.248 e. The van der Waals surface area contributed by atoms with Crippen molar-refractivity contribution in [1.29, 1.82) is 0 Å². The molecule has 0 amide bonds. The van der Waals surface area contributed by atoms with Crippen molar-refractivity contribution in [2.24, 2.45) is 10.9 Å². The SMILES string of the molecule is C=C(c1nc(NC(C)CCC)ncc1/C(=N\C)OC1CCC(F)(F)CC1)[C@H]1CC[C@H](O)CC1. The molecule has 3 rings (SSSR count). The van der Waals surface area contributed by atoms with Gasteiger partial charge < -0.3 is 15.2 Å². The van der Waals surface area contributed by atoms with Gasteiger partial charge in [0.25, 0.3) is 0 Å². The summed E-state index contributed by atoms with van der Waals surface area (Å²) < 4.78 is 33.3. The molecule has 0 aliphatic heterocycles. The van der Waals surface area contributed by atoms with Crippen LogP contribution in [0.3, 0.4) is 0 Å². The number of hydrogen-bond donors (Lipinski definition) is 2. The Morgan fingerprint density at radius 3 is 2.55 bits per heavy atom. The van der Waals surface area contributed by atoms with E-state index < -0.39 is 5.92 Å². The average Bonchev–Trinajstić information content (AvgIpc) is 2.79. The molecule has 184 valence electrons. The van der Waals surface area contributed by atoms with E-state index in [4.69, 9.17) is 9.72 Å². The molecule has 8 heteroatoms. The van der Waals surface area contributed by atoms with Crippen molar-refractivity contribution in [3.05, 3.63) is 24.0 Å². The molecule has 33 heavy (non-hydrogen) atoms. The van der Waals surface area contributed by atoms with Gasteiger partial charge in [0.15, 0.2) is 0 Å². The molecule has 2 saturated carbocycles. The highest BCUT2D eigenvalue weighted by atomic mass is 19.3. The molecule has 6 nitrogen and oxygen atoms in total. The lowest BCUT2D eigenvalue weighted by Crippen LogP contribution is -2.31. The van der Waals surface area contributed by atoms with Crippen molar-refractivity contribution in [1.82, 2.24) is 9.97 Å². The van der Waals surface area contributed by atoms with Crippen molar-refractivity contribution in [2.75, 3.05) is 12.4 Å². The molecule has 1 aromatic heterocycles. The van der Waals surface area contributed by atoms with Crippen molar-refractivity contribution in [3.63, 3.8) is 0 Å². The third kappa shape index (κ3) is 6.95. The van der Waals surface area contributed by atoms with E-state index >= 15 is 0 Å². The molecule has 1 aromatic rings. The van der Waals surface area contributed by atoms with Gasteiger partial charge in [0.05, 0.1) is 17.4 Å². The lowest BCUT2D eigenvalue weighted by atomic mass is 9.81. The van der Waals surface area contributed by atoms with E-state index in [0.29, 0.717) is 23.1 Å². The number of allylic oxidation sites excluding steroid dienone is 1. The molecular formula is C25H38F2N4O2. The first-order valence-electron chi connectivity index (χ1n) is 12.2. The van der Waals surface area contributed by atoms with Crippen molar-refractivity contribution >= 4 is 17.4 Å². The minimum absolute atomic E-state index is 0.173. The molecule has 1 atom stereocenters. The largest absolute Gasteiger partial charge is 0.474 e. The fourth-order valence-electron chi connectivity index (χ4n) is 4.72. The summed E-state index contributed by atoms with van der Waals surface area (Å²) in [4.78, 5) is 13.6. The van der Waals surface area contributed by atoms with Crippen molar-refractivity contribution in [2.45, 2.75) is 102 Å². The molecule has 2 fully saturated rings. The Morgan fingerprint density at radius 2 is 1.94 bits per heavy atom. The van der Waals surface area contributed by atoms with E-state index in [2.05, 4.69) is 35.7 Å². The first-order chi connectivity index (χ1) is 15.7. The van der Waals surface area contributed by atoms with Gasteiger partial charge >= 0.3 is 0 Å². The van der Waals surface area contributed by atoms with Crippen LogP contribution in [0.1, 0.15) is 89.3 Å². The van der Waals surface area contributed by atoms with Crippen LogP contribution < -0.4 is 5.32 Å². The molecule has 0 bridgehead atoms. The molecule has 0 aromatic carbocycles. The number of alkyl halides is 2. The summed E-state index contributed by atoms with van der Waals surface area (Å²) >= 11 is 0. The summed E-state index contributed by atoms with van der Waals surface area (Å²) in [5, 5.41) is 13.3. The Bertz CT molecular complexity index is 828. The van der Waals surface area contributed by atoms with Gasteiger partial charge in [-0.05, 0) is 63.4 Å². The lowest BCUT2D eigenvalue weighted by Gasteiger charge is -2.30. The number of anilines is 1. The van der Waals surface area contributed by atoms with Crippen LogP contribution in [0.4, 0.5) is 14.7 Å². The van der Waals surface area contributed by atoms with Gasteiger partial charge in [0.2, 0.25) is 17.8 Å². The molecule has 0 radical (unpaired) electrons. The van der Waals surface area contributed by atoms with Gasteiger partial charge in [-0.2, -0.15) is 0 Å². The van der Waals surface area contributed by atoms with Crippen molar-refractivity contribution in [3.8, 4) is 0 Å². The number of nitrogens with zero attached hydrogens (tertiary/aromatic N) is 3. The van der Waals surface area contributed by atoms with Gasteiger partial charge in [-0.1, -0.05) is 19.9 Å². The quantitative estimate of drug-likeness (QED) is 0.386. The van der Waals surface area contributed by atoms with Gasteiger partial charge in [0, 0.05) is 32.1 Å². The molecule has 0 spiro atoms. The van der Waals surface area contributed by atoms with E-state index in [1.165, 1.54) is 0 Å². The summed E-state index contributed by atoms with van der Waals surface area (Å²) in [5.41, 5.74) is 2.20. The number of aliphatic hydroxyl groups excluding tert-OH is 1. The second kappa shape index (κ2) is 11.4. The minimum atomic E-state index is -2.61. The Balaban J connectivity index is 1.85. The molecule has 2 N–H and O–H groups in total. The zero-order chi connectivity index (χ0) is 24.0. The molecule has 1 unspecified atom stereocenters. The van der Waals surface area contributed by atoms with Crippen LogP contribution in [0.5, 0.6) is 0 Å². The standard InChI is InChI=1S/C25H38F2N4O2/c1-5-6-16(2)30-24-29-15-21(22(31-24)17(3)18-7-9-19(32)10-8-18)23(28-4)33-20-11-13-25(26,27)14-12-20/h15-16,18-20,32H,3,5-14H2,1-2,4H3,(H,29,30,31)/b28-23+/t16?,18-,19-. The predicted octanol–water partition coefficient (Wildman–Crippen LogP) is 5.61. The number of rotatable bonds is 8. The maximum atomic E-state index is 13.6. The molecule has 2 aliphatic rings. The number of ether oxygens (including phenoxy) is 1. The highest BCUT2D eigenvalue weighted by Crippen LogP contribution is 2.37. The van der Waals surface area contributed by atoms with Crippen LogP contribution in [0.15, 0.2) is 17.8 Å². The number of aliphatic imine (C=N–C) groups is 1. The van der Waals surface area contributed by atoms with Crippen molar-refractivity contribution < 1.29 is 18.6 Å². The average molecular weight is 465 g/mol. The topological polar surface area (TPSA) is 79.6 Å². The minimum Gasteiger partial charge on any atom is -0.474 e. The van der Waals surface area contributed by atoms with Crippen LogP contribution in [0.2, 0.25) is 0 Å². The van der Waals surface area contributed by atoms with E-state index in [9.17, 15) is 13.9 Å². The van der Waals surface area contributed by atoms with E-state index in [-0.39, 0.29) is 49.9 Å². The van der Waals surface area contributed by atoms with Gasteiger partial charge in [-0.25, -0.2) is 18.7 Å². The fraction of sp³-hybridized carbons (Fsp3) is 0.720. The maximum Gasteiger partial charge on any atom is 0.248 e. The summed E-state index contributed by atoms with van der Waals surface area (Å²) in [6, 6.07) is 0.228. The normalized spacial score (nSPS) is 24.8. The Kier molecular flexibility index (Phi) is 8.79. The summed E-state index contributed by atoms with van der Waals surface area (Å²) in [6.45, 7) is 8.59. The number of aliphatic hydroxyl groups is 1. The number of nitrogens with one attached hydrogen (secondary N) is 1. The number of aromatic nitrogens is 2. The van der Waals surface area contributed by atoms with Crippen LogP contribution in [-0.4, -0.2) is 52.2 Å². The Hall–Kier alpha value is -2.09. The monoisotopic (exact) mass is 464 g/mol. The third-order valence-corrected chi connectivity index (χ3v) is 6.76. The van der Waals surface area contributed by atoms with E-state index in [1.807, 2.05) is 0 Å². The predicted molar refractivity (Wildman–Crippen MR) is 128 cm³/mol.